The molecule has 1 N–H and O–H groups in total. The summed E-state index contributed by atoms with van der Waals surface area (Å²) in [5, 5.41) is 2.51. The maximum absolute atomic E-state index is 13.8. The second-order valence-corrected chi connectivity index (χ2v) is 9.16. The molecule has 2 aliphatic heterocycles. The van der Waals surface area contributed by atoms with Crippen molar-refractivity contribution in [2.24, 2.45) is 5.92 Å². The Hall–Kier alpha value is -2.76. The van der Waals surface area contributed by atoms with Crippen LogP contribution in [0.2, 0.25) is 0 Å². The molecule has 1 aromatic rings. The van der Waals surface area contributed by atoms with Gasteiger partial charge in [-0.25, -0.2) is 13.6 Å². The lowest BCUT2D eigenvalue weighted by Crippen LogP contribution is -2.85. The number of alkyl halides is 3. The van der Waals surface area contributed by atoms with Gasteiger partial charge in [0.2, 0.25) is 5.91 Å². The summed E-state index contributed by atoms with van der Waals surface area (Å²) >= 11 is 0. The quantitative estimate of drug-likeness (QED) is 0.520. The van der Waals surface area contributed by atoms with E-state index in [0.29, 0.717) is 18.8 Å². The molecule has 7 nitrogen and oxygen atoms in total. The normalized spacial score (nSPS) is 29.9. The van der Waals surface area contributed by atoms with E-state index in [0.717, 1.165) is 29.9 Å². The Labute approximate surface area is 192 Å². The number of piperazine rings is 1. The second kappa shape index (κ2) is 8.79. The molecular weight excluding hydrogens is 465 g/mol. The van der Waals surface area contributed by atoms with Gasteiger partial charge in [0.1, 0.15) is 6.54 Å². The first-order chi connectivity index (χ1) is 15.9. The predicted octanol–water partition coefficient (Wildman–Crippen LogP) is 2.49. The minimum atomic E-state index is -5.30. The minimum Gasteiger partial charge on any atom is -0.437 e. The average molecular weight is 489 g/mol. The number of esters is 1. The third kappa shape index (κ3) is 4.23. The van der Waals surface area contributed by atoms with Gasteiger partial charge in [-0.15, -0.1) is 0 Å². The molecule has 3 aliphatic rings. The molecule has 3 fully saturated rings. The molecule has 1 aromatic carbocycles. The van der Waals surface area contributed by atoms with Crippen molar-refractivity contribution in [3.63, 3.8) is 0 Å². The van der Waals surface area contributed by atoms with Gasteiger partial charge in [-0.2, -0.15) is 13.2 Å². The van der Waals surface area contributed by atoms with Crippen LogP contribution >= 0.6 is 0 Å². The summed E-state index contributed by atoms with van der Waals surface area (Å²) in [6.07, 6.45) is -4.10. The fraction of sp³-hybridized carbons (Fsp3) is 0.591. The highest BCUT2D eigenvalue weighted by Gasteiger charge is 2.66. The molecule has 4 rings (SSSR count). The first-order valence-corrected chi connectivity index (χ1v) is 11.0. The number of nitrogens with one attached hydrogen (secondary N) is 1. The number of halogens is 5. The van der Waals surface area contributed by atoms with Crippen LogP contribution < -0.4 is 5.32 Å². The van der Waals surface area contributed by atoms with Crippen LogP contribution in [0.25, 0.3) is 0 Å². The molecule has 0 bridgehead atoms. The van der Waals surface area contributed by atoms with Gasteiger partial charge in [-0.05, 0) is 49.3 Å². The molecule has 0 aromatic heterocycles. The van der Waals surface area contributed by atoms with Crippen LogP contribution in [0.1, 0.15) is 38.2 Å². The summed E-state index contributed by atoms with van der Waals surface area (Å²) in [5.41, 5.74) is -1.79. The maximum atomic E-state index is 13.8. The number of carbonyl (C=O) groups excluding carboxylic acids is 3. The number of benzene rings is 1. The molecule has 2 unspecified atom stereocenters. The molecular formula is C22H24F5N3O4. The molecule has 1 spiro atoms. The number of hydrogen-bond acceptors (Lipinski definition) is 5. The van der Waals surface area contributed by atoms with E-state index in [1.54, 1.807) is 0 Å². The Balaban J connectivity index is 1.67. The van der Waals surface area contributed by atoms with Crippen molar-refractivity contribution in [2.75, 3.05) is 13.1 Å². The first kappa shape index (κ1) is 24.4. The van der Waals surface area contributed by atoms with E-state index in [1.807, 2.05) is 0 Å². The highest BCUT2D eigenvalue weighted by Crippen LogP contribution is 2.39. The van der Waals surface area contributed by atoms with Crippen LogP contribution in [0.15, 0.2) is 18.2 Å². The summed E-state index contributed by atoms with van der Waals surface area (Å²) in [4.78, 5) is 40.8. The summed E-state index contributed by atoms with van der Waals surface area (Å²) in [6.45, 7) is 1.14. The lowest BCUT2D eigenvalue weighted by molar-refractivity contribution is -0.229. The van der Waals surface area contributed by atoms with E-state index in [-0.39, 0.29) is 31.2 Å². The standard InChI is InChI=1S/C22H24F5N3O4/c1-12-2-5-14(6-3-12)29-10-17(31)30(9-13-4-7-15(23)16(24)8-13)21(19(29)32)11-28-18(21)34-20(33)22(25,26)27/h4,7-8,12,14,18,28H,2-3,5-6,9-11H2,1H3. The molecule has 2 atom stereocenters. The Bertz CT molecular complexity index is 995. The first-order valence-electron chi connectivity index (χ1n) is 11.0. The van der Waals surface area contributed by atoms with Crippen molar-refractivity contribution in [3.05, 3.63) is 35.4 Å². The zero-order chi connectivity index (χ0) is 24.8. The van der Waals surface area contributed by atoms with E-state index in [1.165, 1.54) is 11.0 Å². The van der Waals surface area contributed by atoms with Crippen LogP contribution in [0.3, 0.4) is 0 Å². The molecule has 186 valence electrons. The van der Waals surface area contributed by atoms with Crippen LogP contribution in [0.5, 0.6) is 0 Å². The van der Waals surface area contributed by atoms with Crippen molar-refractivity contribution in [3.8, 4) is 0 Å². The van der Waals surface area contributed by atoms with Gasteiger partial charge < -0.3 is 14.5 Å². The number of nitrogens with zero attached hydrogens (tertiary/aromatic N) is 2. The highest BCUT2D eigenvalue weighted by atomic mass is 19.4. The third-order valence-corrected chi connectivity index (χ3v) is 6.92. The third-order valence-electron chi connectivity index (χ3n) is 6.92. The topological polar surface area (TPSA) is 79.0 Å². The molecule has 1 saturated carbocycles. The summed E-state index contributed by atoms with van der Waals surface area (Å²) in [5.74, 6) is -5.55. The highest BCUT2D eigenvalue weighted by molar-refractivity contribution is 6.00. The Morgan fingerprint density at radius 1 is 1.15 bits per heavy atom. The van der Waals surface area contributed by atoms with E-state index in [9.17, 15) is 36.3 Å². The number of ether oxygens (including phenoxy) is 1. The Kier molecular flexibility index (Phi) is 6.30. The molecule has 2 heterocycles. The zero-order valence-electron chi connectivity index (χ0n) is 18.3. The van der Waals surface area contributed by atoms with Gasteiger partial charge in [0, 0.05) is 19.1 Å². The molecule has 34 heavy (non-hydrogen) atoms. The van der Waals surface area contributed by atoms with Gasteiger partial charge >= 0.3 is 12.1 Å². The number of amides is 2. The Morgan fingerprint density at radius 3 is 2.38 bits per heavy atom. The SMILES string of the molecule is CC1CCC(N2CC(=O)N(Cc3ccc(F)c(F)c3)C3(CNC3OC(=O)C(F)(F)F)C2=O)CC1. The fourth-order valence-electron chi connectivity index (χ4n) is 4.90. The van der Waals surface area contributed by atoms with Crippen LogP contribution in [0, 0.1) is 17.6 Å². The van der Waals surface area contributed by atoms with Crippen molar-refractivity contribution >= 4 is 17.8 Å². The number of rotatable bonds is 4. The van der Waals surface area contributed by atoms with Gasteiger partial charge in [-0.3, -0.25) is 14.9 Å². The fourth-order valence-corrected chi connectivity index (χ4v) is 4.90. The zero-order valence-corrected chi connectivity index (χ0v) is 18.3. The van der Waals surface area contributed by atoms with E-state index >= 15 is 0 Å². The van der Waals surface area contributed by atoms with Crippen molar-refractivity contribution < 1.29 is 41.1 Å². The summed E-state index contributed by atoms with van der Waals surface area (Å²) < 4.78 is 70.3. The van der Waals surface area contributed by atoms with Crippen molar-refractivity contribution in [1.29, 1.82) is 0 Å². The van der Waals surface area contributed by atoms with Crippen LogP contribution in [-0.2, 0) is 25.7 Å². The predicted molar refractivity (Wildman–Crippen MR) is 107 cm³/mol. The molecule has 2 saturated heterocycles. The molecule has 12 heteroatoms. The van der Waals surface area contributed by atoms with Gasteiger partial charge in [0.25, 0.3) is 5.91 Å². The van der Waals surface area contributed by atoms with E-state index < -0.39 is 47.4 Å². The maximum Gasteiger partial charge on any atom is 0.490 e. The molecule has 0 radical (unpaired) electrons. The van der Waals surface area contributed by atoms with Gasteiger partial charge in [0.15, 0.2) is 23.4 Å². The lowest BCUT2D eigenvalue weighted by Gasteiger charge is -2.58. The number of hydrogen-bond donors (Lipinski definition) is 1. The Morgan fingerprint density at radius 2 is 1.82 bits per heavy atom. The monoisotopic (exact) mass is 489 g/mol. The smallest absolute Gasteiger partial charge is 0.437 e. The van der Waals surface area contributed by atoms with Crippen molar-refractivity contribution in [2.45, 2.75) is 63.1 Å². The van der Waals surface area contributed by atoms with Crippen LogP contribution in [-0.4, -0.2) is 64.7 Å². The lowest BCUT2D eigenvalue weighted by atomic mass is 9.80. The van der Waals surface area contributed by atoms with E-state index in [4.69, 9.17) is 0 Å². The van der Waals surface area contributed by atoms with E-state index in [2.05, 4.69) is 17.0 Å². The molecule has 2 amide bonds. The summed E-state index contributed by atoms with van der Waals surface area (Å²) in [7, 11) is 0. The van der Waals surface area contributed by atoms with Crippen LogP contribution in [0.4, 0.5) is 22.0 Å². The summed E-state index contributed by atoms with van der Waals surface area (Å²) in [6, 6.07) is 2.64. The largest absolute Gasteiger partial charge is 0.490 e. The van der Waals surface area contributed by atoms with Crippen molar-refractivity contribution in [1.82, 2.24) is 15.1 Å². The molecule has 1 aliphatic carbocycles. The van der Waals surface area contributed by atoms with Gasteiger partial charge in [0.05, 0.1) is 0 Å². The number of carbonyl (C=O) groups is 3. The average Bonchev–Trinajstić information content (AvgIpc) is 2.76. The minimum absolute atomic E-state index is 0.132. The second-order valence-electron chi connectivity index (χ2n) is 9.16. The van der Waals surface area contributed by atoms with Gasteiger partial charge in [-0.1, -0.05) is 13.0 Å².